The predicted octanol–water partition coefficient (Wildman–Crippen LogP) is 5.60. The molecule has 1 fully saturated rings. The molecule has 144 valence electrons. The van der Waals surface area contributed by atoms with Crippen LogP contribution in [0.25, 0.3) is 0 Å². The zero-order valence-electron chi connectivity index (χ0n) is 15.6. The molecular weight excluding hydrogens is 436 g/mol. The van der Waals surface area contributed by atoms with E-state index in [1.54, 1.807) is 11.3 Å². The Morgan fingerprint density at radius 3 is 2.82 bits per heavy atom. The quantitative estimate of drug-likeness (QED) is 0.464. The molecule has 0 spiro atoms. The van der Waals surface area contributed by atoms with Crippen molar-refractivity contribution in [1.29, 1.82) is 0 Å². The predicted molar refractivity (Wildman–Crippen MR) is 115 cm³/mol. The van der Waals surface area contributed by atoms with Gasteiger partial charge in [-0.15, -0.1) is 11.3 Å². The number of carbonyl (C=O) groups is 1. The molecule has 0 aliphatic heterocycles. The second kappa shape index (κ2) is 8.45. The van der Waals surface area contributed by atoms with E-state index in [4.69, 9.17) is 4.74 Å². The molecular formula is C22H21BrN2O2S. The Bertz CT molecular complexity index is 984. The molecule has 1 saturated carbocycles. The SMILES string of the molecule is Cc1ccccc1OCc1nc(CN(C(=O)c2cccc(Br)c2)C2CC2)cs1. The molecule has 0 saturated heterocycles. The smallest absolute Gasteiger partial charge is 0.254 e. The minimum absolute atomic E-state index is 0.0644. The maximum Gasteiger partial charge on any atom is 0.254 e. The molecule has 0 bridgehead atoms. The summed E-state index contributed by atoms with van der Waals surface area (Å²) in [6.45, 7) is 3.01. The van der Waals surface area contributed by atoms with Gasteiger partial charge in [0.1, 0.15) is 17.4 Å². The Morgan fingerprint density at radius 1 is 1.25 bits per heavy atom. The Morgan fingerprint density at radius 2 is 2.07 bits per heavy atom. The lowest BCUT2D eigenvalue weighted by molar-refractivity contribution is 0.0728. The first-order valence-electron chi connectivity index (χ1n) is 9.28. The number of hydrogen-bond donors (Lipinski definition) is 0. The summed E-state index contributed by atoms with van der Waals surface area (Å²) < 4.78 is 6.81. The van der Waals surface area contributed by atoms with Gasteiger partial charge in [-0.05, 0) is 49.6 Å². The van der Waals surface area contributed by atoms with Crippen molar-refractivity contribution in [3.8, 4) is 5.75 Å². The molecule has 0 atom stereocenters. The Labute approximate surface area is 177 Å². The molecule has 1 aliphatic carbocycles. The number of para-hydroxylation sites is 1. The number of rotatable bonds is 7. The lowest BCUT2D eigenvalue weighted by Gasteiger charge is -2.21. The van der Waals surface area contributed by atoms with Gasteiger partial charge < -0.3 is 9.64 Å². The zero-order valence-corrected chi connectivity index (χ0v) is 18.0. The number of amides is 1. The average Bonchev–Trinajstić information content (AvgIpc) is 3.44. The first kappa shape index (κ1) is 19.2. The lowest BCUT2D eigenvalue weighted by Crippen LogP contribution is -2.32. The van der Waals surface area contributed by atoms with Gasteiger partial charge in [-0.2, -0.15) is 0 Å². The number of hydrogen-bond acceptors (Lipinski definition) is 4. The van der Waals surface area contributed by atoms with Gasteiger partial charge in [-0.3, -0.25) is 4.79 Å². The summed E-state index contributed by atoms with van der Waals surface area (Å²) in [4.78, 5) is 19.6. The molecule has 1 aromatic heterocycles. The zero-order chi connectivity index (χ0) is 19.5. The van der Waals surface area contributed by atoms with Crippen LogP contribution in [-0.4, -0.2) is 21.8 Å². The summed E-state index contributed by atoms with van der Waals surface area (Å²) in [6, 6.07) is 15.9. The van der Waals surface area contributed by atoms with E-state index < -0.39 is 0 Å². The largest absolute Gasteiger partial charge is 0.486 e. The van der Waals surface area contributed by atoms with E-state index >= 15 is 0 Å². The Balaban J connectivity index is 1.42. The van der Waals surface area contributed by atoms with E-state index in [0.717, 1.165) is 39.3 Å². The molecule has 1 amide bonds. The molecule has 0 radical (unpaired) electrons. The molecule has 0 unspecified atom stereocenters. The van der Waals surface area contributed by atoms with Crippen molar-refractivity contribution in [1.82, 2.24) is 9.88 Å². The van der Waals surface area contributed by atoms with Gasteiger partial charge >= 0.3 is 0 Å². The van der Waals surface area contributed by atoms with Gasteiger partial charge in [-0.1, -0.05) is 40.2 Å². The summed E-state index contributed by atoms with van der Waals surface area (Å²) in [6.07, 6.45) is 2.13. The fourth-order valence-electron chi connectivity index (χ4n) is 3.06. The van der Waals surface area contributed by atoms with Crippen molar-refractivity contribution in [2.45, 2.75) is 39.0 Å². The van der Waals surface area contributed by atoms with E-state index in [0.29, 0.717) is 24.8 Å². The summed E-state index contributed by atoms with van der Waals surface area (Å²) in [7, 11) is 0. The van der Waals surface area contributed by atoms with E-state index in [2.05, 4.69) is 20.9 Å². The van der Waals surface area contributed by atoms with E-state index in [-0.39, 0.29) is 5.91 Å². The van der Waals surface area contributed by atoms with Crippen molar-refractivity contribution in [2.24, 2.45) is 0 Å². The molecule has 4 nitrogen and oxygen atoms in total. The van der Waals surface area contributed by atoms with Crippen LogP contribution < -0.4 is 4.74 Å². The van der Waals surface area contributed by atoms with Crippen LogP contribution in [0.2, 0.25) is 0 Å². The molecule has 28 heavy (non-hydrogen) atoms. The first-order valence-corrected chi connectivity index (χ1v) is 11.0. The minimum atomic E-state index is 0.0644. The van der Waals surface area contributed by atoms with E-state index in [1.165, 1.54) is 0 Å². The molecule has 1 aliphatic rings. The van der Waals surface area contributed by atoms with Crippen molar-refractivity contribution < 1.29 is 9.53 Å². The summed E-state index contributed by atoms with van der Waals surface area (Å²) >= 11 is 5.03. The Kier molecular flexibility index (Phi) is 5.78. The van der Waals surface area contributed by atoms with Crippen LogP contribution >= 0.6 is 27.3 Å². The van der Waals surface area contributed by atoms with Crippen LogP contribution in [0.1, 0.15) is 39.5 Å². The van der Waals surface area contributed by atoms with Gasteiger partial charge in [0.15, 0.2) is 0 Å². The summed E-state index contributed by atoms with van der Waals surface area (Å²) in [5.41, 5.74) is 2.74. The highest BCUT2D eigenvalue weighted by atomic mass is 79.9. The number of benzene rings is 2. The second-order valence-corrected chi connectivity index (χ2v) is 8.82. The molecule has 1 heterocycles. The highest BCUT2D eigenvalue weighted by Gasteiger charge is 2.33. The summed E-state index contributed by atoms with van der Waals surface area (Å²) in [5.74, 6) is 0.943. The highest BCUT2D eigenvalue weighted by Crippen LogP contribution is 2.30. The number of aromatic nitrogens is 1. The summed E-state index contributed by atoms with van der Waals surface area (Å²) in [5, 5.41) is 2.95. The molecule has 2 aromatic carbocycles. The van der Waals surface area contributed by atoms with Crippen LogP contribution in [0.4, 0.5) is 0 Å². The lowest BCUT2D eigenvalue weighted by atomic mass is 10.2. The number of carbonyl (C=O) groups excluding carboxylic acids is 1. The van der Waals surface area contributed by atoms with Gasteiger partial charge in [0.2, 0.25) is 0 Å². The number of ether oxygens (including phenoxy) is 1. The van der Waals surface area contributed by atoms with Crippen molar-refractivity contribution in [3.05, 3.63) is 80.2 Å². The number of thiazole rings is 1. The highest BCUT2D eigenvalue weighted by molar-refractivity contribution is 9.10. The van der Waals surface area contributed by atoms with Crippen molar-refractivity contribution in [3.63, 3.8) is 0 Å². The van der Waals surface area contributed by atoms with Crippen LogP contribution in [0.3, 0.4) is 0 Å². The Hall–Kier alpha value is -2.18. The van der Waals surface area contributed by atoms with Crippen LogP contribution in [-0.2, 0) is 13.2 Å². The number of aryl methyl sites for hydroxylation is 1. The third-order valence-electron chi connectivity index (χ3n) is 4.70. The standard InChI is InChI=1S/C22H21BrN2O2S/c1-15-5-2-3-8-20(15)27-13-21-24-18(14-28-21)12-25(19-9-10-19)22(26)16-6-4-7-17(23)11-16/h2-8,11,14,19H,9-10,12-13H2,1H3. The molecule has 0 N–H and O–H groups in total. The van der Waals surface area contributed by atoms with Gasteiger partial charge in [0, 0.05) is 21.5 Å². The van der Waals surface area contributed by atoms with Gasteiger partial charge in [0.05, 0.1) is 12.2 Å². The minimum Gasteiger partial charge on any atom is -0.486 e. The van der Waals surface area contributed by atoms with Crippen LogP contribution in [0.5, 0.6) is 5.75 Å². The fraction of sp³-hybridized carbons (Fsp3) is 0.273. The van der Waals surface area contributed by atoms with Crippen LogP contribution in [0, 0.1) is 6.92 Å². The molecule has 6 heteroatoms. The normalized spacial score (nSPS) is 13.4. The molecule has 4 rings (SSSR count). The van der Waals surface area contributed by atoms with Gasteiger partial charge in [-0.25, -0.2) is 4.98 Å². The van der Waals surface area contributed by atoms with Crippen LogP contribution in [0.15, 0.2) is 58.4 Å². The average molecular weight is 457 g/mol. The van der Waals surface area contributed by atoms with Gasteiger partial charge in [0.25, 0.3) is 5.91 Å². The topological polar surface area (TPSA) is 42.4 Å². The van der Waals surface area contributed by atoms with Crippen molar-refractivity contribution in [2.75, 3.05) is 0 Å². The van der Waals surface area contributed by atoms with Crippen molar-refractivity contribution >= 4 is 33.2 Å². The third-order valence-corrected chi connectivity index (χ3v) is 6.06. The van der Waals surface area contributed by atoms with E-state index in [9.17, 15) is 4.79 Å². The number of halogens is 1. The van der Waals surface area contributed by atoms with E-state index in [1.807, 2.05) is 65.7 Å². The third kappa shape index (κ3) is 4.62. The first-order chi connectivity index (χ1) is 13.6. The fourth-order valence-corrected chi connectivity index (χ4v) is 4.16. The second-order valence-electron chi connectivity index (χ2n) is 6.96. The number of nitrogens with zero attached hydrogens (tertiary/aromatic N) is 2. The maximum absolute atomic E-state index is 13.0. The monoisotopic (exact) mass is 456 g/mol. The molecule has 3 aromatic rings. The maximum atomic E-state index is 13.0.